The average Bonchev–Trinajstić information content (AvgIpc) is 3.41. The lowest BCUT2D eigenvalue weighted by molar-refractivity contribution is 0.123. The molecule has 1 aliphatic rings. The second-order valence-electron chi connectivity index (χ2n) is 6.86. The van der Waals surface area contributed by atoms with E-state index in [0.717, 1.165) is 62.5 Å². The van der Waals surface area contributed by atoms with Crippen LogP contribution in [0.2, 0.25) is 0 Å². The third-order valence-electron chi connectivity index (χ3n) is 4.59. The highest BCUT2D eigenvalue weighted by atomic mass is 127. The lowest BCUT2D eigenvalue weighted by Crippen LogP contribution is -2.38. The van der Waals surface area contributed by atoms with E-state index < -0.39 is 0 Å². The number of aromatic nitrogens is 2. The number of nitrogens with one attached hydrogen (secondary N) is 2. The molecule has 1 saturated carbocycles. The number of halogens is 1. The molecule has 0 radical (unpaired) electrons. The molecule has 0 atom stereocenters. The van der Waals surface area contributed by atoms with Gasteiger partial charge in [0, 0.05) is 44.7 Å². The van der Waals surface area contributed by atoms with Crippen LogP contribution in [0.15, 0.2) is 4.99 Å². The number of hydrogen-bond donors (Lipinski definition) is 2. The summed E-state index contributed by atoms with van der Waals surface area (Å²) in [7, 11) is 1.71. The molecule has 8 heteroatoms. The lowest BCUT2D eigenvalue weighted by Gasteiger charge is -2.11. The van der Waals surface area contributed by atoms with Crippen molar-refractivity contribution in [3.05, 3.63) is 17.0 Å². The fraction of sp³-hybridized carbons (Fsp3) is 0.789. The predicted octanol–water partition coefficient (Wildman–Crippen LogP) is 2.64. The summed E-state index contributed by atoms with van der Waals surface area (Å²) in [5.74, 6) is 1.68. The standard InChI is InChI=1S/C19H35N5O2.HI/c1-5-20-19(21-9-6-11-26-14-17-7-8-17)22-13-18-15(2)23-24(16(18)3)10-12-25-4;/h17H,5-14H2,1-4H3,(H2,20,21,22);1H. The maximum Gasteiger partial charge on any atom is 0.191 e. The topological polar surface area (TPSA) is 72.7 Å². The molecule has 0 amide bonds. The number of aliphatic imine (C=N–C) groups is 1. The number of aryl methyl sites for hydroxylation is 1. The van der Waals surface area contributed by atoms with E-state index in [0.29, 0.717) is 13.2 Å². The van der Waals surface area contributed by atoms with Crippen LogP contribution in [-0.4, -0.2) is 55.8 Å². The van der Waals surface area contributed by atoms with E-state index in [1.54, 1.807) is 7.11 Å². The van der Waals surface area contributed by atoms with Gasteiger partial charge >= 0.3 is 0 Å². The second-order valence-corrected chi connectivity index (χ2v) is 6.86. The minimum atomic E-state index is 0. The van der Waals surface area contributed by atoms with Gasteiger partial charge in [0.05, 0.1) is 25.4 Å². The molecule has 27 heavy (non-hydrogen) atoms. The third-order valence-corrected chi connectivity index (χ3v) is 4.59. The Morgan fingerprint density at radius 2 is 2.04 bits per heavy atom. The van der Waals surface area contributed by atoms with Gasteiger partial charge in [-0.2, -0.15) is 5.10 Å². The quantitative estimate of drug-likeness (QED) is 0.203. The molecule has 1 fully saturated rings. The minimum Gasteiger partial charge on any atom is -0.383 e. The molecule has 0 spiro atoms. The van der Waals surface area contributed by atoms with Crippen molar-refractivity contribution in [1.82, 2.24) is 20.4 Å². The largest absolute Gasteiger partial charge is 0.383 e. The molecule has 0 unspecified atom stereocenters. The van der Waals surface area contributed by atoms with Crippen LogP contribution in [0.25, 0.3) is 0 Å². The Kier molecular flexibility index (Phi) is 11.9. The van der Waals surface area contributed by atoms with Crippen LogP contribution in [0.5, 0.6) is 0 Å². The lowest BCUT2D eigenvalue weighted by atomic mass is 10.2. The van der Waals surface area contributed by atoms with Gasteiger partial charge in [0.15, 0.2) is 5.96 Å². The summed E-state index contributed by atoms with van der Waals surface area (Å²) < 4.78 is 12.8. The number of hydrogen-bond acceptors (Lipinski definition) is 4. The van der Waals surface area contributed by atoms with Crippen molar-refractivity contribution < 1.29 is 9.47 Å². The first-order valence-electron chi connectivity index (χ1n) is 9.77. The number of nitrogens with zero attached hydrogens (tertiary/aromatic N) is 3. The molecule has 0 saturated heterocycles. The third kappa shape index (κ3) is 8.78. The Balaban J connectivity index is 0.00000364. The van der Waals surface area contributed by atoms with E-state index in [9.17, 15) is 0 Å². The van der Waals surface area contributed by atoms with E-state index in [2.05, 4.69) is 29.6 Å². The Hall–Kier alpha value is -0.870. The number of ether oxygens (including phenoxy) is 2. The van der Waals surface area contributed by atoms with Gasteiger partial charge in [0.2, 0.25) is 0 Å². The van der Waals surface area contributed by atoms with Crippen LogP contribution < -0.4 is 10.6 Å². The van der Waals surface area contributed by atoms with Gasteiger partial charge < -0.3 is 20.1 Å². The van der Waals surface area contributed by atoms with Crippen molar-refractivity contribution in [2.75, 3.05) is 40.0 Å². The van der Waals surface area contributed by atoms with Crippen molar-refractivity contribution >= 4 is 29.9 Å². The summed E-state index contributed by atoms with van der Waals surface area (Å²) in [6.45, 7) is 11.7. The first kappa shape index (κ1) is 24.2. The Bertz CT molecular complexity index is 573. The highest BCUT2D eigenvalue weighted by molar-refractivity contribution is 14.0. The molecule has 0 aromatic carbocycles. The molecule has 1 aliphatic carbocycles. The maximum absolute atomic E-state index is 5.67. The molecule has 1 heterocycles. The van der Waals surface area contributed by atoms with E-state index in [1.807, 2.05) is 11.6 Å². The van der Waals surface area contributed by atoms with Gasteiger partial charge in [0.25, 0.3) is 0 Å². The Morgan fingerprint density at radius 3 is 2.70 bits per heavy atom. The Morgan fingerprint density at radius 1 is 1.26 bits per heavy atom. The SMILES string of the molecule is CCNC(=NCc1c(C)nn(CCOC)c1C)NCCCOCC1CC1.I. The summed E-state index contributed by atoms with van der Waals surface area (Å²) in [4.78, 5) is 4.72. The van der Waals surface area contributed by atoms with Crippen molar-refractivity contribution in [2.24, 2.45) is 10.9 Å². The van der Waals surface area contributed by atoms with E-state index in [-0.39, 0.29) is 24.0 Å². The van der Waals surface area contributed by atoms with Crippen LogP contribution in [-0.2, 0) is 22.6 Å². The van der Waals surface area contributed by atoms with Gasteiger partial charge in [-0.1, -0.05) is 0 Å². The fourth-order valence-corrected chi connectivity index (χ4v) is 2.77. The van der Waals surface area contributed by atoms with Gasteiger partial charge in [-0.05, 0) is 46.0 Å². The van der Waals surface area contributed by atoms with Crippen LogP contribution >= 0.6 is 24.0 Å². The molecular formula is C19H36IN5O2. The van der Waals surface area contributed by atoms with Gasteiger partial charge in [-0.15, -0.1) is 24.0 Å². The smallest absolute Gasteiger partial charge is 0.191 e. The highest BCUT2D eigenvalue weighted by Crippen LogP contribution is 2.28. The van der Waals surface area contributed by atoms with E-state index >= 15 is 0 Å². The average molecular weight is 493 g/mol. The molecule has 2 N–H and O–H groups in total. The maximum atomic E-state index is 5.67. The highest BCUT2D eigenvalue weighted by Gasteiger charge is 2.20. The number of guanidine groups is 1. The molecule has 156 valence electrons. The Labute approximate surface area is 180 Å². The van der Waals surface area contributed by atoms with Crippen molar-refractivity contribution in [1.29, 1.82) is 0 Å². The number of rotatable bonds is 12. The first-order chi connectivity index (χ1) is 12.7. The second kappa shape index (κ2) is 13.3. The molecule has 1 aromatic heterocycles. The zero-order chi connectivity index (χ0) is 18.8. The summed E-state index contributed by atoms with van der Waals surface area (Å²) in [5.41, 5.74) is 3.38. The summed E-state index contributed by atoms with van der Waals surface area (Å²) in [5, 5.41) is 11.3. The van der Waals surface area contributed by atoms with E-state index in [4.69, 9.17) is 14.5 Å². The van der Waals surface area contributed by atoms with Crippen LogP contribution in [0, 0.1) is 19.8 Å². The zero-order valence-corrected chi connectivity index (χ0v) is 19.5. The van der Waals surface area contributed by atoms with Crippen molar-refractivity contribution in [3.8, 4) is 0 Å². The molecular weight excluding hydrogens is 457 g/mol. The first-order valence-corrected chi connectivity index (χ1v) is 9.77. The molecule has 7 nitrogen and oxygen atoms in total. The monoisotopic (exact) mass is 493 g/mol. The van der Waals surface area contributed by atoms with E-state index in [1.165, 1.54) is 18.4 Å². The molecule has 1 aromatic rings. The van der Waals surface area contributed by atoms with Gasteiger partial charge in [-0.25, -0.2) is 4.99 Å². The fourth-order valence-electron chi connectivity index (χ4n) is 2.77. The summed E-state index contributed by atoms with van der Waals surface area (Å²) in [6.07, 6.45) is 3.68. The normalized spacial score (nSPS) is 14.1. The predicted molar refractivity (Wildman–Crippen MR) is 120 cm³/mol. The minimum absolute atomic E-state index is 0. The number of methoxy groups -OCH3 is 1. The zero-order valence-electron chi connectivity index (χ0n) is 17.2. The summed E-state index contributed by atoms with van der Waals surface area (Å²) >= 11 is 0. The van der Waals surface area contributed by atoms with Gasteiger partial charge in [-0.3, -0.25) is 4.68 Å². The molecule has 0 bridgehead atoms. The summed E-state index contributed by atoms with van der Waals surface area (Å²) in [6, 6.07) is 0. The van der Waals surface area contributed by atoms with Crippen LogP contribution in [0.4, 0.5) is 0 Å². The van der Waals surface area contributed by atoms with Crippen molar-refractivity contribution in [3.63, 3.8) is 0 Å². The van der Waals surface area contributed by atoms with Gasteiger partial charge in [0.1, 0.15) is 0 Å². The molecule has 0 aliphatic heterocycles. The molecule has 2 rings (SSSR count). The van der Waals surface area contributed by atoms with Crippen molar-refractivity contribution in [2.45, 2.75) is 53.1 Å². The van der Waals surface area contributed by atoms with Crippen LogP contribution in [0.3, 0.4) is 0 Å². The van der Waals surface area contributed by atoms with Crippen LogP contribution in [0.1, 0.15) is 43.1 Å².